The van der Waals surface area contributed by atoms with Crippen LogP contribution in [0.5, 0.6) is 0 Å². The lowest BCUT2D eigenvalue weighted by Crippen LogP contribution is -2.15. The number of hydrogen-bond acceptors (Lipinski definition) is 4. The second kappa shape index (κ2) is 6.85. The van der Waals surface area contributed by atoms with E-state index in [0.717, 1.165) is 24.5 Å². The van der Waals surface area contributed by atoms with E-state index in [-0.39, 0.29) is 12.5 Å². The van der Waals surface area contributed by atoms with Crippen molar-refractivity contribution in [2.75, 3.05) is 18.5 Å². The molecule has 2 aromatic rings. The molecular weight excluding hydrogens is 238 g/mol. The summed E-state index contributed by atoms with van der Waals surface area (Å²) in [6.45, 7) is 2.88. The van der Waals surface area contributed by atoms with Crippen LogP contribution in [0.1, 0.15) is 23.6 Å². The minimum Gasteiger partial charge on any atom is -0.396 e. The maximum absolute atomic E-state index is 9.19. The molecule has 0 bridgehead atoms. The molecule has 1 heterocycles. The molecule has 1 unspecified atom stereocenters. The van der Waals surface area contributed by atoms with Gasteiger partial charge >= 0.3 is 0 Å². The number of benzene rings is 1. The second-order valence-electron chi connectivity index (χ2n) is 4.55. The lowest BCUT2D eigenvalue weighted by atomic mass is 9.96. The van der Waals surface area contributed by atoms with Crippen LogP contribution < -0.4 is 5.32 Å². The quantitative estimate of drug-likeness (QED) is 0.834. The van der Waals surface area contributed by atoms with Gasteiger partial charge in [-0.2, -0.15) is 0 Å². The summed E-state index contributed by atoms with van der Waals surface area (Å²) in [5, 5.41) is 12.5. The molecule has 2 N–H and O–H groups in total. The largest absolute Gasteiger partial charge is 0.396 e. The number of hydrogen-bond donors (Lipinski definition) is 2. The van der Waals surface area contributed by atoms with Crippen molar-refractivity contribution in [3.63, 3.8) is 0 Å². The monoisotopic (exact) mass is 257 g/mol. The van der Waals surface area contributed by atoms with Crippen molar-refractivity contribution in [1.82, 2.24) is 9.97 Å². The number of rotatable bonds is 6. The van der Waals surface area contributed by atoms with Crippen molar-refractivity contribution in [2.45, 2.75) is 19.3 Å². The highest BCUT2D eigenvalue weighted by Gasteiger charge is 2.10. The van der Waals surface area contributed by atoms with E-state index < -0.39 is 0 Å². The summed E-state index contributed by atoms with van der Waals surface area (Å²) in [5.74, 6) is 1.10. The van der Waals surface area contributed by atoms with Crippen LogP contribution in [-0.2, 0) is 0 Å². The number of aromatic nitrogens is 2. The van der Waals surface area contributed by atoms with Gasteiger partial charge in [-0.15, -0.1) is 0 Å². The molecule has 0 fully saturated rings. The van der Waals surface area contributed by atoms with Crippen molar-refractivity contribution in [2.24, 2.45) is 0 Å². The molecule has 2 rings (SSSR count). The molecule has 0 radical (unpaired) electrons. The lowest BCUT2D eigenvalue weighted by Gasteiger charge is -2.17. The predicted octanol–water partition coefficient (Wildman–Crippen LogP) is 2.36. The summed E-state index contributed by atoms with van der Waals surface area (Å²) in [4.78, 5) is 8.25. The fourth-order valence-corrected chi connectivity index (χ4v) is 2.05. The molecule has 4 nitrogen and oxygen atoms in total. The number of nitrogens with zero attached hydrogens (tertiary/aromatic N) is 2. The van der Waals surface area contributed by atoms with Crippen LogP contribution in [-0.4, -0.2) is 28.2 Å². The minimum atomic E-state index is 0.185. The Labute approximate surface area is 113 Å². The topological polar surface area (TPSA) is 58.0 Å². The molecule has 0 aliphatic heterocycles. The highest BCUT2D eigenvalue weighted by molar-refractivity contribution is 5.35. The normalized spacial score (nSPS) is 12.1. The Balaban J connectivity index is 2.01. The summed E-state index contributed by atoms with van der Waals surface area (Å²) in [5.41, 5.74) is 2.17. The molecule has 0 saturated carbocycles. The van der Waals surface area contributed by atoms with Crippen LogP contribution >= 0.6 is 0 Å². The third-order valence-electron chi connectivity index (χ3n) is 3.08. The van der Waals surface area contributed by atoms with E-state index in [0.29, 0.717) is 0 Å². The summed E-state index contributed by atoms with van der Waals surface area (Å²) in [7, 11) is 0. The summed E-state index contributed by atoms with van der Waals surface area (Å²) >= 11 is 0. The van der Waals surface area contributed by atoms with Gasteiger partial charge in [0.25, 0.3) is 0 Å². The van der Waals surface area contributed by atoms with Crippen molar-refractivity contribution in [3.8, 4) is 0 Å². The number of nitrogens with one attached hydrogen (secondary N) is 1. The van der Waals surface area contributed by atoms with Crippen LogP contribution in [0.15, 0.2) is 42.7 Å². The third kappa shape index (κ3) is 4.03. The van der Waals surface area contributed by atoms with Gasteiger partial charge in [-0.3, -0.25) is 0 Å². The van der Waals surface area contributed by atoms with Gasteiger partial charge in [0.2, 0.25) is 0 Å². The molecule has 1 aromatic heterocycles. The van der Waals surface area contributed by atoms with Gasteiger partial charge in [0.1, 0.15) is 12.1 Å². The van der Waals surface area contributed by atoms with Gasteiger partial charge in [-0.1, -0.05) is 30.3 Å². The number of aliphatic hydroxyl groups is 1. The maximum Gasteiger partial charge on any atom is 0.129 e. The average Bonchev–Trinajstić information content (AvgIpc) is 2.44. The standard InChI is InChI=1S/C15H19N3O/c1-12-9-15(18-11-17-12)16-10-14(7-8-19)13-5-3-2-4-6-13/h2-6,9,11,14,19H,7-8,10H2,1H3,(H,16,17,18). The fraction of sp³-hybridized carbons (Fsp3) is 0.333. The van der Waals surface area contributed by atoms with Gasteiger partial charge in [0.15, 0.2) is 0 Å². The Bertz CT molecular complexity index is 502. The Hall–Kier alpha value is -1.94. The third-order valence-corrected chi connectivity index (χ3v) is 3.08. The molecule has 0 amide bonds. The summed E-state index contributed by atoms with van der Waals surface area (Å²) in [6.07, 6.45) is 2.29. The Kier molecular flexibility index (Phi) is 4.86. The maximum atomic E-state index is 9.19. The molecule has 1 atom stereocenters. The van der Waals surface area contributed by atoms with Crippen LogP contribution in [0.2, 0.25) is 0 Å². The zero-order valence-corrected chi connectivity index (χ0v) is 11.1. The smallest absolute Gasteiger partial charge is 0.129 e. The van der Waals surface area contributed by atoms with Crippen molar-refractivity contribution in [1.29, 1.82) is 0 Å². The summed E-state index contributed by atoms with van der Waals surface area (Å²) < 4.78 is 0. The van der Waals surface area contributed by atoms with Crippen LogP contribution in [0, 0.1) is 6.92 Å². The van der Waals surface area contributed by atoms with E-state index in [1.165, 1.54) is 5.56 Å². The first-order valence-corrected chi connectivity index (χ1v) is 6.48. The van der Waals surface area contributed by atoms with Crippen molar-refractivity contribution >= 4 is 5.82 Å². The molecule has 0 aliphatic rings. The zero-order chi connectivity index (χ0) is 13.5. The van der Waals surface area contributed by atoms with Gasteiger partial charge in [0, 0.05) is 30.8 Å². The van der Waals surface area contributed by atoms with E-state index in [1.54, 1.807) is 6.33 Å². The highest BCUT2D eigenvalue weighted by Crippen LogP contribution is 2.19. The van der Waals surface area contributed by atoms with Gasteiger partial charge in [-0.05, 0) is 18.9 Å². The number of aryl methyl sites for hydroxylation is 1. The number of aliphatic hydroxyl groups excluding tert-OH is 1. The van der Waals surface area contributed by atoms with Crippen LogP contribution in [0.3, 0.4) is 0 Å². The molecule has 4 heteroatoms. The van der Waals surface area contributed by atoms with Gasteiger partial charge in [-0.25, -0.2) is 9.97 Å². The van der Waals surface area contributed by atoms with Crippen molar-refractivity contribution in [3.05, 3.63) is 54.0 Å². The molecule has 100 valence electrons. The van der Waals surface area contributed by atoms with Gasteiger partial charge in [0.05, 0.1) is 0 Å². The number of anilines is 1. The fourth-order valence-electron chi connectivity index (χ4n) is 2.05. The Morgan fingerprint density at radius 1 is 1.21 bits per heavy atom. The molecule has 1 aromatic carbocycles. The molecule has 0 spiro atoms. The summed E-state index contributed by atoms with van der Waals surface area (Å²) in [6, 6.07) is 12.1. The molecule has 0 aliphatic carbocycles. The van der Waals surface area contributed by atoms with Gasteiger partial charge < -0.3 is 10.4 Å². The first-order valence-electron chi connectivity index (χ1n) is 6.48. The molecular formula is C15H19N3O. The van der Waals surface area contributed by atoms with Crippen LogP contribution in [0.4, 0.5) is 5.82 Å². The predicted molar refractivity (Wildman–Crippen MR) is 76.1 cm³/mol. The minimum absolute atomic E-state index is 0.185. The highest BCUT2D eigenvalue weighted by atomic mass is 16.3. The Morgan fingerprint density at radius 2 is 2.00 bits per heavy atom. The molecule has 19 heavy (non-hydrogen) atoms. The second-order valence-corrected chi connectivity index (χ2v) is 4.55. The zero-order valence-electron chi connectivity index (χ0n) is 11.1. The van der Waals surface area contributed by atoms with E-state index in [4.69, 9.17) is 0 Å². The van der Waals surface area contributed by atoms with E-state index in [1.807, 2.05) is 31.2 Å². The first kappa shape index (κ1) is 13.5. The SMILES string of the molecule is Cc1cc(NCC(CCO)c2ccccc2)ncn1. The molecule has 0 saturated heterocycles. The van der Waals surface area contributed by atoms with Crippen molar-refractivity contribution < 1.29 is 5.11 Å². The average molecular weight is 257 g/mol. The Morgan fingerprint density at radius 3 is 2.68 bits per heavy atom. The van der Waals surface area contributed by atoms with E-state index in [9.17, 15) is 5.11 Å². The first-order chi connectivity index (χ1) is 9.29. The van der Waals surface area contributed by atoms with E-state index in [2.05, 4.69) is 27.4 Å². The lowest BCUT2D eigenvalue weighted by molar-refractivity contribution is 0.277. The van der Waals surface area contributed by atoms with Crippen LogP contribution in [0.25, 0.3) is 0 Å². The van der Waals surface area contributed by atoms with E-state index >= 15 is 0 Å².